The number of aromatic nitrogens is 2. The molecule has 0 bridgehead atoms. The number of hydrogen-bond acceptors (Lipinski definition) is 6. The first-order valence-corrected chi connectivity index (χ1v) is 5.58. The highest BCUT2D eigenvalue weighted by Gasteiger charge is 2.62. The summed E-state index contributed by atoms with van der Waals surface area (Å²) in [7, 11) is 0. The summed E-state index contributed by atoms with van der Waals surface area (Å²) >= 11 is 0. The lowest BCUT2D eigenvalue weighted by atomic mass is 9.94. The van der Waals surface area contributed by atoms with Gasteiger partial charge in [-0.25, -0.2) is 13.6 Å². The highest BCUT2D eigenvalue weighted by atomic mass is 19.3. The lowest BCUT2D eigenvalue weighted by molar-refractivity contribution is -0.185. The molecule has 10 heteroatoms. The van der Waals surface area contributed by atoms with Crippen LogP contribution in [-0.4, -0.2) is 55.7 Å². The summed E-state index contributed by atoms with van der Waals surface area (Å²) in [6.07, 6.45) is -8.13. The second-order valence-electron chi connectivity index (χ2n) is 4.36. The first-order chi connectivity index (χ1) is 9.32. The molecule has 1 aliphatic heterocycles. The van der Waals surface area contributed by atoms with E-state index >= 15 is 0 Å². The molecule has 20 heavy (non-hydrogen) atoms. The predicted octanol–water partition coefficient (Wildman–Crippen LogP) is -2.22. The Labute approximate surface area is 109 Å². The smallest absolute Gasteiger partial charge is 0.330 e. The molecule has 0 radical (unpaired) electrons. The SMILES string of the molecule is O=c1ccn([C@@H]2O[C@H](CO)[C@@H](O)[C@]2(O)C(F)F)c(=O)[nH]1. The summed E-state index contributed by atoms with van der Waals surface area (Å²) < 4.78 is 31.6. The number of aliphatic hydroxyl groups excluding tert-OH is 2. The number of ether oxygens (including phenoxy) is 1. The van der Waals surface area contributed by atoms with Crippen LogP contribution in [0.1, 0.15) is 6.23 Å². The van der Waals surface area contributed by atoms with Crippen LogP contribution in [0.4, 0.5) is 8.78 Å². The van der Waals surface area contributed by atoms with Crippen molar-refractivity contribution >= 4 is 0 Å². The number of aromatic amines is 1. The number of nitrogens with zero attached hydrogens (tertiary/aromatic N) is 1. The number of alkyl halides is 2. The second kappa shape index (κ2) is 5.05. The topological polar surface area (TPSA) is 125 Å². The van der Waals surface area contributed by atoms with Gasteiger partial charge < -0.3 is 20.1 Å². The number of nitrogens with one attached hydrogen (secondary N) is 1. The zero-order valence-electron chi connectivity index (χ0n) is 9.94. The number of aliphatic hydroxyl groups is 3. The van der Waals surface area contributed by atoms with E-state index in [-0.39, 0.29) is 0 Å². The van der Waals surface area contributed by atoms with Crippen LogP contribution in [0.25, 0.3) is 0 Å². The van der Waals surface area contributed by atoms with Crippen molar-refractivity contribution in [2.24, 2.45) is 0 Å². The van der Waals surface area contributed by atoms with Crippen molar-refractivity contribution in [3.63, 3.8) is 0 Å². The van der Waals surface area contributed by atoms with Gasteiger partial charge in [-0.15, -0.1) is 0 Å². The van der Waals surface area contributed by atoms with Crippen molar-refractivity contribution in [1.82, 2.24) is 9.55 Å². The number of H-pyrrole nitrogens is 1. The summed E-state index contributed by atoms with van der Waals surface area (Å²) in [6.45, 7) is -0.829. The van der Waals surface area contributed by atoms with Gasteiger partial charge in [-0.3, -0.25) is 14.3 Å². The van der Waals surface area contributed by atoms with E-state index in [4.69, 9.17) is 9.84 Å². The number of hydrogen-bond donors (Lipinski definition) is 4. The Morgan fingerprint density at radius 3 is 2.65 bits per heavy atom. The maximum atomic E-state index is 13.1. The maximum absolute atomic E-state index is 13.1. The first kappa shape index (κ1) is 14.8. The standard InChI is InChI=1S/C10H12F2N2O6/c11-7(12)10(19)6(17)4(3-15)20-8(10)14-2-1-5(16)13-9(14)18/h1-2,4,6-8,15,17,19H,3H2,(H,13,16,18)/t4-,6-,8-,10+/m1/s1. The van der Waals surface area contributed by atoms with Gasteiger partial charge in [0.1, 0.15) is 12.2 Å². The van der Waals surface area contributed by atoms with Crippen LogP contribution in [0.5, 0.6) is 0 Å². The Morgan fingerprint density at radius 2 is 2.15 bits per heavy atom. The van der Waals surface area contributed by atoms with Crippen LogP contribution in [0.15, 0.2) is 21.9 Å². The molecule has 4 atom stereocenters. The van der Waals surface area contributed by atoms with Crippen molar-refractivity contribution < 1.29 is 28.8 Å². The van der Waals surface area contributed by atoms with Crippen molar-refractivity contribution in [2.45, 2.75) is 30.5 Å². The third kappa shape index (κ3) is 2.06. The second-order valence-corrected chi connectivity index (χ2v) is 4.36. The van der Waals surface area contributed by atoms with E-state index in [1.165, 1.54) is 0 Å². The van der Waals surface area contributed by atoms with Gasteiger partial charge in [0.05, 0.1) is 6.61 Å². The van der Waals surface area contributed by atoms with Crippen molar-refractivity contribution in [3.8, 4) is 0 Å². The molecule has 1 aromatic rings. The predicted molar refractivity (Wildman–Crippen MR) is 59.3 cm³/mol. The molecule has 0 spiro atoms. The molecule has 1 saturated heterocycles. The summed E-state index contributed by atoms with van der Waals surface area (Å²) in [6, 6.07) is 0.870. The quantitative estimate of drug-likeness (QED) is 0.500. The molecular weight excluding hydrogens is 282 g/mol. The molecule has 2 rings (SSSR count). The zero-order chi connectivity index (χ0) is 15.1. The third-order valence-electron chi connectivity index (χ3n) is 3.16. The minimum absolute atomic E-state index is 0.520. The molecule has 0 saturated carbocycles. The van der Waals surface area contributed by atoms with Crippen LogP contribution in [0, 0.1) is 0 Å². The van der Waals surface area contributed by atoms with E-state index in [1.54, 1.807) is 0 Å². The van der Waals surface area contributed by atoms with Crippen LogP contribution >= 0.6 is 0 Å². The molecule has 1 fully saturated rings. The van der Waals surface area contributed by atoms with Gasteiger partial charge in [-0.05, 0) is 0 Å². The minimum Gasteiger partial charge on any atom is -0.394 e. The van der Waals surface area contributed by atoms with Crippen LogP contribution < -0.4 is 11.2 Å². The highest BCUT2D eigenvalue weighted by molar-refractivity contribution is 5.04. The average molecular weight is 294 g/mol. The highest BCUT2D eigenvalue weighted by Crippen LogP contribution is 2.41. The Balaban J connectivity index is 2.53. The van der Waals surface area contributed by atoms with E-state index in [1.807, 2.05) is 4.98 Å². The molecule has 0 aromatic carbocycles. The van der Waals surface area contributed by atoms with E-state index < -0.39 is 48.3 Å². The van der Waals surface area contributed by atoms with Gasteiger partial charge in [-0.2, -0.15) is 0 Å². The summed E-state index contributed by atoms with van der Waals surface area (Å²) in [5, 5.41) is 28.6. The van der Waals surface area contributed by atoms with E-state index in [2.05, 4.69) is 0 Å². The van der Waals surface area contributed by atoms with E-state index in [0.29, 0.717) is 4.57 Å². The van der Waals surface area contributed by atoms with Crippen LogP contribution in [0.2, 0.25) is 0 Å². The fraction of sp³-hybridized carbons (Fsp3) is 0.600. The Morgan fingerprint density at radius 1 is 1.50 bits per heavy atom. The average Bonchev–Trinajstić information content (AvgIpc) is 2.64. The molecule has 112 valence electrons. The van der Waals surface area contributed by atoms with Crippen molar-refractivity contribution in [1.29, 1.82) is 0 Å². The Hall–Kier alpha value is -1.62. The van der Waals surface area contributed by atoms with Gasteiger partial charge in [0.15, 0.2) is 11.8 Å². The number of halogens is 2. The van der Waals surface area contributed by atoms with Gasteiger partial charge in [-0.1, -0.05) is 0 Å². The van der Waals surface area contributed by atoms with E-state index in [0.717, 1.165) is 12.3 Å². The largest absolute Gasteiger partial charge is 0.394 e. The Kier molecular flexibility index (Phi) is 3.73. The van der Waals surface area contributed by atoms with Gasteiger partial charge in [0.25, 0.3) is 12.0 Å². The first-order valence-electron chi connectivity index (χ1n) is 5.58. The normalized spacial score (nSPS) is 33.8. The van der Waals surface area contributed by atoms with E-state index in [9.17, 15) is 28.6 Å². The fourth-order valence-electron chi connectivity index (χ4n) is 2.07. The third-order valence-corrected chi connectivity index (χ3v) is 3.16. The van der Waals surface area contributed by atoms with Crippen molar-refractivity contribution in [2.75, 3.05) is 6.61 Å². The maximum Gasteiger partial charge on any atom is 0.330 e. The fourth-order valence-corrected chi connectivity index (χ4v) is 2.07. The van der Waals surface area contributed by atoms with Crippen molar-refractivity contribution in [3.05, 3.63) is 33.1 Å². The van der Waals surface area contributed by atoms with Gasteiger partial charge in [0.2, 0.25) is 0 Å². The molecule has 1 aliphatic rings. The summed E-state index contributed by atoms with van der Waals surface area (Å²) in [4.78, 5) is 24.3. The lowest BCUT2D eigenvalue weighted by Gasteiger charge is -2.30. The van der Waals surface area contributed by atoms with Gasteiger partial charge in [0, 0.05) is 12.3 Å². The molecule has 2 heterocycles. The molecular formula is C10H12F2N2O6. The lowest BCUT2D eigenvalue weighted by Crippen LogP contribution is -2.54. The van der Waals surface area contributed by atoms with Gasteiger partial charge >= 0.3 is 5.69 Å². The Bertz CT molecular complexity index is 602. The summed E-state index contributed by atoms with van der Waals surface area (Å²) in [5.41, 5.74) is -4.94. The molecule has 8 nitrogen and oxygen atoms in total. The molecule has 0 amide bonds. The minimum atomic E-state index is -3.45. The molecule has 1 aromatic heterocycles. The molecule has 0 unspecified atom stereocenters. The number of rotatable bonds is 3. The molecule has 4 N–H and O–H groups in total. The van der Waals surface area contributed by atoms with Crippen LogP contribution in [0.3, 0.4) is 0 Å². The summed E-state index contributed by atoms with van der Waals surface area (Å²) in [5.74, 6) is 0. The van der Waals surface area contributed by atoms with Crippen LogP contribution in [-0.2, 0) is 4.74 Å². The zero-order valence-corrected chi connectivity index (χ0v) is 9.94. The molecule has 0 aliphatic carbocycles. The monoisotopic (exact) mass is 294 g/mol.